The maximum atomic E-state index is 10.7. The van der Waals surface area contributed by atoms with E-state index >= 15 is 0 Å². The molecule has 3 N–H and O–H groups in total. The molecule has 0 aromatic heterocycles. The van der Waals surface area contributed by atoms with E-state index < -0.39 is 0 Å². The van der Waals surface area contributed by atoms with Crippen molar-refractivity contribution in [1.82, 2.24) is 5.32 Å². The summed E-state index contributed by atoms with van der Waals surface area (Å²) in [4.78, 5) is 10.7. The third-order valence-corrected chi connectivity index (χ3v) is 1.82. The average molecular weight is 142 g/mol. The number of hydrogen-bond donors (Lipinski definition) is 2. The zero-order chi connectivity index (χ0) is 7.56. The van der Waals surface area contributed by atoms with Gasteiger partial charge in [-0.25, -0.2) is 0 Å². The molecule has 0 spiro atoms. The molecule has 1 aliphatic carbocycles. The highest BCUT2D eigenvalue weighted by atomic mass is 16.1. The minimum Gasteiger partial charge on any atom is -0.368 e. The Labute approximate surface area is 61.0 Å². The molecule has 10 heavy (non-hydrogen) atoms. The van der Waals surface area contributed by atoms with E-state index in [0.29, 0.717) is 5.92 Å². The van der Waals surface area contributed by atoms with E-state index in [2.05, 4.69) is 5.32 Å². The predicted octanol–water partition coefficient (Wildman–Crippen LogP) is -0.140. The molecule has 1 rings (SSSR count). The Kier molecular flexibility index (Phi) is 2.27. The molecule has 3 nitrogen and oxygen atoms in total. The summed E-state index contributed by atoms with van der Waals surface area (Å²) in [7, 11) is 0. The van der Waals surface area contributed by atoms with Gasteiger partial charge in [0.15, 0.2) is 0 Å². The Morgan fingerprint density at radius 2 is 2.40 bits per heavy atom. The van der Waals surface area contributed by atoms with Crippen molar-refractivity contribution in [2.24, 2.45) is 11.7 Å². The lowest BCUT2D eigenvalue weighted by Crippen LogP contribution is -2.42. The fourth-order valence-electron chi connectivity index (χ4n) is 1.15. The van der Waals surface area contributed by atoms with Crippen LogP contribution in [0, 0.1) is 5.92 Å². The van der Waals surface area contributed by atoms with Gasteiger partial charge in [-0.05, 0) is 25.3 Å². The van der Waals surface area contributed by atoms with Crippen LogP contribution in [-0.2, 0) is 4.79 Å². The van der Waals surface area contributed by atoms with E-state index in [1.807, 2.05) is 6.92 Å². The second kappa shape index (κ2) is 3.01. The van der Waals surface area contributed by atoms with Crippen LogP contribution >= 0.6 is 0 Å². The molecular weight excluding hydrogens is 128 g/mol. The van der Waals surface area contributed by atoms with Gasteiger partial charge in [-0.1, -0.05) is 6.92 Å². The third kappa shape index (κ3) is 1.70. The van der Waals surface area contributed by atoms with Crippen molar-refractivity contribution >= 4 is 5.91 Å². The van der Waals surface area contributed by atoms with Gasteiger partial charge in [-0.15, -0.1) is 0 Å². The van der Waals surface area contributed by atoms with E-state index in [1.165, 1.54) is 0 Å². The minimum atomic E-state index is -0.204. The smallest absolute Gasteiger partial charge is 0.234 e. The standard InChI is InChI=1S/C7H14N2O/c1-2-9-6(7(8)10)5-3-4-5/h5-6,9H,2-4H2,1H3,(H2,8,10). The first-order chi connectivity index (χ1) is 4.75. The summed E-state index contributed by atoms with van der Waals surface area (Å²) >= 11 is 0. The van der Waals surface area contributed by atoms with Crippen LogP contribution in [0.15, 0.2) is 0 Å². The maximum Gasteiger partial charge on any atom is 0.234 e. The molecule has 1 atom stereocenters. The zero-order valence-corrected chi connectivity index (χ0v) is 6.26. The Morgan fingerprint density at radius 1 is 1.80 bits per heavy atom. The number of carbonyl (C=O) groups excluding carboxylic acids is 1. The Bertz CT molecular complexity index is 132. The molecule has 1 amide bonds. The molecule has 0 saturated heterocycles. The highest BCUT2D eigenvalue weighted by molar-refractivity contribution is 5.80. The Hall–Kier alpha value is -0.570. The molecule has 0 heterocycles. The maximum absolute atomic E-state index is 10.7. The van der Waals surface area contributed by atoms with Crippen molar-refractivity contribution in [2.75, 3.05) is 6.54 Å². The van der Waals surface area contributed by atoms with Crippen molar-refractivity contribution in [3.63, 3.8) is 0 Å². The molecule has 0 aromatic rings. The van der Waals surface area contributed by atoms with Crippen molar-refractivity contribution in [2.45, 2.75) is 25.8 Å². The molecule has 0 aliphatic heterocycles. The van der Waals surface area contributed by atoms with Crippen molar-refractivity contribution in [1.29, 1.82) is 0 Å². The summed E-state index contributed by atoms with van der Waals surface area (Å²) < 4.78 is 0. The average Bonchev–Trinajstić information content (AvgIpc) is 2.63. The van der Waals surface area contributed by atoms with Crippen LogP contribution in [0.2, 0.25) is 0 Å². The van der Waals surface area contributed by atoms with E-state index in [0.717, 1.165) is 19.4 Å². The van der Waals surface area contributed by atoms with Crippen molar-refractivity contribution in [3.8, 4) is 0 Å². The van der Waals surface area contributed by atoms with Crippen LogP contribution in [0.3, 0.4) is 0 Å². The van der Waals surface area contributed by atoms with E-state index in [4.69, 9.17) is 5.73 Å². The van der Waals surface area contributed by atoms with Crippen LogP contribution in [-0.4, -0.2) is 18.5 Å². The SMILES string of the molecule is CCNC(C(N)=O)C1CC1. The summed E-state index contributed by atoms with van der Waals surface area (Å²) in [6, 6.07) is -0.0648. The van der Waals surface area contributed by atoms with Crippen LogP contribution in [0.5, 0.6) is 0 Å². The fourth-order valence-corrected chi connectivity index (χ4v) is 1.15. The van der Waals surface area contributed by atoms with Gasteiger partial charge in [0, 0.05) is 0 Å². The monoisotopic (exact) mass is 142 g/mol. The largest absolute Gasteiger partial charge is 0.368 e. The summed E-state index contributed by atoms with van der Waals surface area (Å²) in [5.41, 5.74) is 5.16. The first-order valence-electron chi connectivity index (χ1n) is 3.78. The van der Waals surface area contributed by atoms with Gasteiger partial charge in [0.2, 0.25) is 5.91 Å². The topological polar surface area (TPSA) is 55.1 Å². The summed E-state index contributed by atoms with van der Waals surface area (Å²) in [5.74, 6) is 0.321. The molecule has 1 aliphatic rings. The molecule has 1 fully saturated rings. The molecule has 1 saturated carbocycles. The van der Waals surface area contributed by atoms with Gasteiger partial charge in [-0.3, -0.25) is 4.79 Å². The third-order valence-electron chi connectivity index (χ3n) is 1.82. The summed E-state index contributed by atoms with van der Waals surface area (Å²) in [6.45, 7) is 2.81. The minimum absolute atomic E-state index is 0.0648. The second-order valence-electron chi connectivity index (χ2n) is 2.78. The lowest BCUT2D eigenvalue weighted by molar-refractivity contribution is -0.120. The highest BCUT2D eigenvalue weighted by Crippen LogP contribution is 2.32. The normalized spacial score (nSPS) is 20.5. The van der Waals surface area contributed by atoms with Crippen LogP contribution in [0.25, 0.3) is 0 Å². The lowest BCUT2D eigenvalue weighted by atomic mass is 10.2. The second-order valence-corrected chi connectivity index (χ2v) is 2.78. The molecule has 58 valence electrons. The van der Waals surface area contributed by atoms with E-state index in [9.17, 15) is 4.79 Å². The van der Waals surface area contributed by atoms with Gasteiger partial charge in [-0.2, -0.15) is 0 Å². The first kappa shape index (κ1) is 7.54. The number of carbonyl (C=O) groups is 1. The number of nitrogens with two attached hydrogens (primary N) is 1. The highest BCUT2D eigenvalue weighted by Gasteiger charge is 2.33. The zero-order valence-electron chi connectivity index (χ0n) is 6.26. The molecule has 1 unspecified atom stereocenters. The van der Waals surface area contributed by atoms with Crippen LogP contribution in [0.4, 0.5) is 0 Å². The van der Waals surface area contributed by atoms with E-state index in [-0.39, 0.29) is 11.9 Å². The number of hydrogen-bond acceptors (Lipinski definition) is 2. The molecule has 0 aromatic carbocycles. The number of rotatable bonds is 4. The van der Waals surface area contributed by atoms with Crippen LogP contribution in [0.1, 0.15) is 19.8 Å². The molecule has 3 heteroatoms. The van der Waals surface area contributed by atoms with Gasteiger partial charge in [0.05, 0.1) is 6.04 Å². The fraction of sp³-hybridized carbons (Fsp3) is 0.857. The van der Waals surface area contributed by atoms with Gasteiger partial charge in [0.25, 0.3) is 0 Å². The van der Waals surface area contributed by atoms with Crippen molar-refractivity contribution < 1.29 is 4.79 Å². The lowest BCUT2D eigenvalue weighted by Gasteiger charge is -2.11. The number of nitrogens with one attached hydrogen (secondary N) is 1. The quantitative estimate of drug-likeness (QED) is 0.574. The number of primary amides is 1. The van der Waals surface area contributed by atoms with Crippen molar-refractivity contribution in [3.05, 3.63) is 0 Å². The predicted molar refractivity (Wildman–Crippen MR) is 39.4 cm³/mol. The number of likely N-dealkylation sites (N-methyl/N-ethyl adjacent to an activating group) is 1. The van der Waals surface area contributed by atoms with Gasteiger partial charge < -0.3 is 11.1 Å². The Balaban J connectivity index is 2.34. The van der Waals surface area contributed by atoms with E-state index in [1.54, 1.807) is 0 Å². The molecule has 0 bridgehead atoms. The molecular formula is C7H14N2O. The van der Waals surface area contributed by atoms with Gasteiger partial charge >= 0.3 is 0 Å². The van der Waals surface area contributed by atoms with Crippen LogP contribution < -0.4 is 11.1 Å². The summed E-state index contributed by atoms with van der Waals surface area (Å²) in [5, 5.41) is 3.07. The number of amides is 1. The Morgan fingerprint density at radius 3 is 2.70 bits per heavy atom. The summed E-state index contributed by atoms with van der Waals surface area (Å²) in [6.07, 6.45) is 2.31. The molecule has 0 radical (unpaired) electrons. The first-order valence-corrected chi connectivity index (χ1v) is 3.78. The van der Waals surface area contributed by atoms with Gasteiger partial charge in [0.1, 0.15) is 0 Å².